The molecule has 1 N–H and O–H groups in total. The van der Waals surface area contributed by atoms with E-state index in [1.807, 2.05) is 17.0 Å². The molecule has 0 aliphatic carbocycles. The van der Waals surface area contributed by atoms with E-state index in [1.165, 1.54) is 23.9 Å². The maximum absolute atomic E-state index is 12.8. The van der Waals surface area contributed by atoms with Gasteiger partial charge in [0.15, 0.2) is 0 Å². The van der Waals surface area contributed by atoms with Crippen LogP contribution >= 0.6 is 35.0 Å². The van der Waals surface area contributed by atoms with Crippen molar-refractivity contribution in [3.05, 3.63) is 81.8 Å². The van der Waals surface area contributed by atoms with Gasteiger partial charge in [-0.05, 0) is 61.0 Å². The molecule has 1 amide bonds. The fraction of sp³-hybridized carbons (Fsp3) is 0.125. The van der Waals surface area contributed by atoms with E-state index in [2.05, 4.69) is 0 Å². The van der Waals surface area contributed by atoms with Crippen LogP contribution in [0.2, 0.25) is 10.0 Å². The van der Waals surface area contributed by atoms with Gasteiger partial charge in [0.1, 0.15) is 5.03 Å². The maximum Gasteiger partial charge on any atom is 0.335 e. The Balaban J connectivity index is 1.64. The summed E-state index contributed by atoms with van der Waals surface area (Å²) in [6.07, 6.45) is 1.02. The Labute approximate surface area is 203 Å². The first kappa shape index (κ1) is 21.8. The molecule has 0 unspecified atom stereocenters. The Kier molecular flexibility index (Phi) is 5.78. The number of nitrogens with zero attached hydrogens (tertiary/aromatic N) is 3. The highest BCUT2D eigenvalue weighted by atomic mass is 35.5. The minimum absolute atomic E-state index is 0.00608. The highest BCUT2D eigenvalue weighted by molar-refractivity contribution is 7.99. The van der Waals surface area contributed by atoms with Gasteiger partial charge in [0.2, 0.25) is 0 Å². The number of likely N-dealkylation sites (tertiary alicyclic amines) is 1. The summed E-state index contributed by atoms with van der Waals surface area (Å²) in [5.74, 6) is -1.00. The first-order chi connectivity index (χ1) is 15.9. The highest BCUT2D eigenvalue weighted by Crippen LogP contribution is 2.41. The van der Waals surface area contributed by atoms with Crippen molar-refractivity contribution in [3.8, 4) is 5.69 Å². The molecule has 166 valence electrons. The zero-order valence-electron chi connectivity index (χ0n) is 17.2. The summed E-state index contributed by atoms with van der Waals surface area (Å²) in [6, 6.07) is 17.3. The quantitative estimate of drug-likeness (QED) is 0.364. The number of rotatable bonds is 5. The van der Waals surface area contributed by atoms with Gasteiger partial charge >= 0.3 is 5.97 Å². The first-order valence-electron chi connectivity index (χ1n) is 10.2. The van der Waals surface area contributed by atoms with Crippen molar-refractivity contribution in [2.45, 2.75) is 16.3 Å². The zero-order chi connectivity index (χ0) is 23.1. The lowest BCUT2D eigenvalue weighted by molar-refractivity contribution is 0.0650. The Morgan fingerprint density at radius 2 is 1.61 bits per heavy atom. The monoisotopic (exact) mass is 497 g/mol. The van der Waals surface area contributed by atoms with Crippen LogP contribution in [0.3, 0.4) is 0 Å². The summed E-state index contributed by atoms with van der Waals surface area (Å²) < 4.78 is 1.73. The van der Waals surface area contributed by atoms with Crippen LogP contribution in [-0.2, 0) is 0 Å². The van der Waals surface area contributed by atoms with Gasteiger partial charge in [-0.2, -0.15) is 5.10 Å². The number of carboxylic acids is 1. The summed E-state index contributed by atoms with van der Waals surface area (Å²) in [7, 11) is 0. The molecule has 1 fully saturated rings. The second-order valence-corrected chi connectivity index (χ2v) is 9.41. The lowest BCUT2D eigenvalue weighted by atomic mass is 10.1. The molecule has 1 aliphatic rings. The van der Waals surface area contributed by atoms with Gasteiger partial charge < -0.3 is 10.0 Å². The van der Waals surface area contributed by atoms with Gasteiger partial charge in [0.05, 0.1) is 31.7 Å². The van der Waals surface area contributed by atoms with E-state index in [1.54, 1.807) is 41.1 Å². The fourth-order valence-corrected chi connectivity index (χ4v) is 5.17. The van der Waals surface area contributed by atoms with Crippen molar-refractivity contribution < 1.29 is 14.7 Å². The molecule has 6 nitrogen and oxygen atoms in total. The lowest BCUT2D eigenvalue weighted by Crippen LogP contribution is -2.41. The van der Waals surface area contributed by atoms with Crippen LogP contribution in [0.25, 0.3) is 16.6 Å². The zero-order valence-corrected chi connectivity index (χ0v) is 19.5. The van der Waals surface area contributed by atoms with Gasteiger partial charge in [-0.3, -0.25) is 4.79 Å². The van der Waals surface area contributed by atoms with E-state index in [0.717, 1.165) is 30.4 Å². The third-order valence-corrected chi connectivity index (χ3v) is 7.51. The number of halogens is 2. The SMILES string of the molecule is O=C(O)c1ccc(-n2nc(Sc3c(Cl)cccc3Cl)c3cc(C(=O)N4CCC4)ccc32)cc1. The third kappa shape index (κ3) is 4.08. The average Bonchev–Trinajstić information content (AvgIpc) is 3.13. The summed E-state index contributed by atoms with van der Waals surface area (Å²) in [4.78, 5) is 26.5. The summed E-state index contributed by atoms with van der Waals surface area (Å²) >= 11 is 14.1. The average molecular weight is 498 g/mol. The van der Waals surface area contributed by atoms with Crippen LogP contribution < -0.4 is 0 Å². The molecule has 5 rings (SSSR count). The van der Waals surface area contributed by atoms with Gasteiger partial charge in [0, 0.05) is 24.0 Å². The van der Waals surface area contributed by atoms with Crippen LogP contribution in [0.15, 0.2) is 70.6 Å². The molecule has 33 heavy (non-hydrogen) atoms. The molecule has 0 atom stereocenters. The molecule has 1 aliphatic heterocycles. The molecule has 2 heterocycles. The number of aromatic carboxylic acids is 1. The molecule has 1 saturated heterocycles. The molecule has 9 heteroatoms. The maximum atomic E-state index is 12.8. The third-order valence-electron chi connectivity index (χ3n) is 5.51. The Bertz CT molecular complexity index is 1380. The van der Waals surface area contributed by atoms with Gasteiger partial charge in [-0.25, -0.2) is 9.48 Å². The number of hydrogen-bond acceptors (Lipinski definition) is 4. The Hall–Kier alpha value is -3.00. The molecule has 0 saturated carbocycles. The minimum Gasteiger partial charge on any atom is -0.478 e. The largest absolute Gasteiger partial charge is 0.478 e. The molecular weight excluding hydrogens is 481 g/mol. The molecule has 1 aromatic heterocycles. The Morgan fingerprint density at radius 1 is 0.939 bits per heavy atom. The van der Waals surface area contributed by atoms with Crippen LogP contribution in [0.4, 0.5) is 0 Å². The second kappa shape index (κ2) is 8.74. The van der Waals surface area contributed by atoms with Gasteiger partial charge in [0.25, 0.3) is 5.91 Å². The molecular formula is C24H17Cl2N3O3S. The van der Waals surface area contributed by atoms with Gasteiger partial charge in [-0.1, -0.05) is 41.0 Å². The number of carbonyl (C=O) groups is 2. The van der Waals surface area contributed by atoms with E-state index < -0.39 is 5.97 Å². The minimum atomic E-state index is -0.995. The normalized spacial score (nSPS) is 13.2. The van der Waals surface area contributed by atoms with Crippen LogP contribution in [-0.4, -0.2) is 44.8 Å². The van der Waals surface area contributed by atoms with Crippen molar-refractivity contribution >= 4 is 57.7 Å². The van der Waals surface area contributed by atoms with Crippen molar-refractivity contribution in [2.75, 3.05) is 13.1 Å². The van der Waals surface area contributed by atoms with Crippen molar-refractivity contribution in [3.63, 3.8) is 0 Å². The number of amides is 1. The van der Waals surface area contributed by atoms with E-state index in [-0.39, 0.29) is 11.5 Å². The van der Waals surface area contributed by atoms with E-state index >= 15 is 0 Å². The summed E-state index contributed by atoms with van der Waals surface area (Å²) in [6.45, 7) is 1.53. The Morgan fingerprint density at radius 3 is 2.21 bits per heavy atom. The number of aromatic nitrogens is 2. The fourth-order valence-electron chi connectivity index (χ4n) is 3.62. The molecule has 4 aromatic rings. The molecule has 0 radical (unpaired) electrons. The van der Waals surface area contributed by atoms with Crippen LogP contribution in [0.5, 0.6) is 0 Å². The van der Waals surface area contributed by atoms with Crippen molar-refractivity contribution in [2.24, 2.45) is 0 Å². The highest BCUT2D eigenvalue weighted by Gasteiger charge is 2.23. The predicted molar refractivity (Wildman–Crippen MR) is 129 cm³/mol. The smallest absolute Gasteiger partial charge is 0.335 e. The molecule has 0 bridgehead atoms. The first-order valence-corrected chi connectivity index (χ1v) is 11.8. The van der Waals surface area contributed by atoms with Crippen molar-refractivity contribution in [1.82, 2.24) is 14.7 Å². The molecule has 0 spiro atoms. The number of fused-ring (bicyclic) bond motifs is 1. The predicted octanol–water partition coefficient (Wildman–Crippen LogP) is 6.03. The molecule has 3 aromatic carbocycles. The summed E-state index contributed by atoms with van der Waals surface area (Å²) in [5, 5.41) is 16.4. The van der Waals surface area contributed by atoms with E-state index in [4.69, 9.17) is 28.3 Å². The number of hydrogen-bond donors (Lipinski definition) is 1. The van der Waals surface area contributed by atoms with E-state index in [0.29, 0.717) is 31.2 Å². The number of carboxylic acid groups (broad SMARTS) is 1. The van der Waals surface area contributed by atoms with Crippen LogP contribution in [0, 0.1) is 0 Å². The standard InChI is InChI=1S/C24H17Cl2N3O3S/c25-18-3-1-4-19(26)21(18)33-22-17-13-15(23(30)28-11-2-12-28)7-10-20(17)29(27-22)16-8-5-14(6-9-16)24(31)32/h1,3-10,13H,2,11-12H2,(H,31,32). The van der Waals surface area contributed by atoms with Crippen molar-refractivity contribution in [1.29, 1.82) is 0 Å². The topological polar surface area (TPSA) is 75.4 Å². The lowest BCUT2D eigenvalue weighted by Gasteiger charge is -2.30. The van der Waals surface area contributed by atoms with E-state index in [9.17, 15) is 14.7 Å². The number of carbonyl (C=O) groups excluding carboxylic acids is 1. The number of benzene rings is 3. The van der Waals surface area contributed by atoms with Gasteiger partial charge in [-0.15, -0.1) is 0 Å². The van der Waals surface area contributed by atoms with Crippen LogP contribution in [0.1, 0.15) is 27.1 Å². The summed E-state index contributed by atoms with van der Waals surface area (Å²) in [5.41, 5.74) is 2.26. The second-order valence-electron chi connectivity index (χ2n) is 7.60.